The van der Waals surface area contributed by atoms with Gasteiger partial charge in [0.1, 0.15) is 11.4 Å². The maximum absolute atomic E-state index is 13.4. The zero-order valence-corrected chi connectivity index (χ0v) is 16.9. The van der Waals surface area contributed by atoms with Gasteiger partial charge in [-0.1, -0.05) is 30.7 Å². The molecule has 28 heavy (non-hydrogen) atoms. The van der Waals surface area contributed by atoms with Gasteiger partial charge >= 0.3 is 0 Å². The van der Waals surface area contributed by atoms with E-state index in [1.807, 2.05) is 65.2 Å². The van der Waals surface area contributed by atoms with E-state index in [9.17, 15) is 4.79 Å². The molecule has 0 N–H and O–H groups in total. The van der Waals surface area contributed by atoms with Crippen molar-refractivity contribution in [2.45, 2.75) is 6.92 Å². The molecule has 0 atom stereocenters. The Morgan fingerprint density at radius 3 is 2.50 bits per heavy atom. The van der Waals surface area contributed by atoms with Gasteiger partial charge in [-0.2, -0.15) is 5.10 Å². The molecule has 3 aromatic rings. The molecule has 0 spiro atoms. The largest absolute Gasteiger partial charge is 0.349 e. The average molecular weight is 398 g/mol. The van der Waals surface area contributed by atoms with Gasteiger partial charge in [-0.3, -0.25) is 4.79 Å². The molecule has 7 heteroatoms. The fourth-order valence-electron chi connectivity index (χ4n) is 3.62. The summed E-state index contributed by atoms with van der Waals surface area (Å²) in [6.07, 6.45) is 1.97. The molecule has 6 nitrogen and oxygen atoms in total. The van der Waals surface area contributed by atoms with Gasteiger partial charge in [-0.15, -0.1) is 0 Å². The number of aromatic nitrogens is 3. The van der Waals surface area contributed by atoms with E-state index in [2.05, 4.69) is 11.8 Å². The monoisotopic (exact) mass is 397 g/mol. The summed E-state index contributed by atoms with van der Waals surface area (Å²) in [5, 5.41) is 5.31. The van der Waals surface area contributed by atoms with Crippen molar-refractivity contribution in [1.82, 2.24) is 24.1 Å². The summed E-state index contributed by atoms with van der Waals surface area (Å²) in [5.41, 5.74) is 2.95. The molecule has 2 aromatic heterocycles. The summed E-state index contributed by atoms with van der Waals surface area (Å²) in [6, 6.07) is 13.3. The van der Waals surface area contributed by atoms with Crippen molar-refractivity contribution in [2.75, 3.05) is 32.7 Å². The fraction of sp³-hybridized carbons (Fsp3) is 0.333. The fourth-order valence-corrected chi connectivity index (χ4v) is 3.84. The van der Waals surface area contributed by atoms with Crippen LogP contribution in [0.1, 0.15) is 17.4 Å². The Hall–Kier alpha value is -2.57. The van der Waals surface area contributed by atoms with Crippen LogP contribution in [0.15, 0.2) is 48.7 Å². The number of nitrogens with zero attached hydrogens (tertiary/aromatic N) is 5. The molecule has 1 aromatic carbocycles. The van der Waals surface area contributed by atoms with Crippen LogP contribution in [0.5, 0.6) is 0 Å². The summed E-state index contributed by atoms with van der Waals surface area (Å²) in [5.74, 6) is -0.0105. The van der Waals surface area contributed by atoms with Crippen LogP contribution in [-0.2, 0) is 7.05 Å². The number of rotatable bonds is 4. The van der Waals surface area contributed by atoms with Gasteiger partial charge in [0.2, 0.25) is 0 Å². The van der Waals surface area contributed by atoms with Crippen molar-refractivity contribution in [3.8, 4) is 17.1 Å². The molecule has 1 fully saturated rings. The molecule has 3 heterocycles. The number of piperazine rings is 1. The van der Waals surface area contributed by atoms with Crippen molar-refractivity contribution in [2.24, 2.45) is 7.05 Å². The zero-order valence-electron chi connectivity index (χ0n) is 16.2. The molecule has 146 valence electrons. The molecular formula is C21H24ClN5O. The Bertz CT molecular complexity index is 984. The number of benzene rings is 1. The summed E-state index contributed by atoms with van der Waals surface area (Å²) < 4.78 is 3.67. The van der Waals surface area contributed by atoms with Gasteiger partial charge in [0.25, 0.3) is 5.91 Å². The third kappa shape index (κ3) is 3.45. The van der Waals surface area contributed by atoms with E-state index in [0.717, 1.165) is 44.1 Å². The molecular weight excluding hydrogens is 374 g/mol. The first-order valence-corrected chi connectivity index (χ1v) is 9.94. The van der Waals surface area contributed by atoms with Crippen LogP contribution in [0.2, 0.25) is 5.02 Å². The second kappa shape index (κ2) is 7.81. The SMILES string of the molecule is CCN1CCN(C(=O)c2cc(-c3cccn3C)nn2-c2ccccc2Cl)CC1. The number of likely N-dealkylation sites (N-methyl/N-ethyl adjacent to an activating group) is 1. The number of halogens is 1. The average Bonchev–Trinajstić information content (AvgIpc) is 3.34. The van der Waals surface area contributed by atoms with E-state index in [4.69, 9.17) is 16.7 Å². The van der Waals surface area contributed by atoms with E-state index in [1.165, 1.54) is 0 Å². The predicted octanol–water partition coefficient (Wildman–Crippen LogP) is 3.31. The maximum Gasteiger partial charge on any atom is 0.272 e. The van der Waals surface area contributed by atoms with Gasteiger partial charge < -0.3 is 14.4 Å². The summed E-state index contributed by atoms with van der Waals surface area (Å²) in [4.78, 5) is 17.6. The zero-order chi connectivity index (χ0) is 19.7. The lowest BCUT2D eigenvalue weighted by Gasteiger charge is -2.34. The second-order valence-corrected chi connectivity index (χ2v) is 7.42. The van der Waals surface area contributed by atoms with Crippen LogP contribution in [0.4, 0.5) is 0 Å². The van der Waals surface area contributed by atoms with Crippen LogP contribution in [0.25, 0.3) is 17.1 Å². The van der Waals surface area contributed by atoms with E-state index in [-0.39, 0.29) is 5.91 Å². The van der Waals surface area contributed by atoms with Crippen molar-refractivity contribution in [1.29, 1.82) is 0 Å². The number of hydrogen-bond acceptors (Lipinski definition) is 3. The maximum atomic E-state index is 13.4. The van der Waals surface area contributed by atoms with Crippen LogP contribution < -0.4 is 0 Å². The molecule has 0 saturated carbocycles. The number of carbonyl (C=O) groups is 1. The van der Waals surface area contributed by atoms with Crippen molar-refractivity contribution in [3.63, 3.8) is 0 Å². The Labute approximate surface area is 169 Å². The molecule has 1 saturated heterocycles. The van der Waals surface area contributed by atoms with Gasteiger partial charge in [0, 0.05) is 39.4 Å². The highest BCUT2D eigenvalue weighted by atomic mass is 35.5. The lowest BCUT2D eigenvalue weighted by molar-refractivity contribution is 0.0634. The third-order valence-corrected chi connectivity index (χ3v) is 5.64. The molecule has 1 aliphatic heterocycles. The minimum atomic E-state index is -0.0105. The Balaban J connectivity index is 1.75. The standard InChI is InChI=1S/C21H24ClN5O/c1-3-25-11-13-26(14-12-25)21(28)20-15-17(19-9-6-10-24(19)2)23-27(20)18-8-5-4-7-16(18)22/h4-10,15H,3,11-14H2,1-2H3. The topological polar surface area (TPSA) is 46.3 Å². The number of amides is 1. The van der Waals surface area contributed by atoms with Crippen LogP contribution in [-0.4, -0.2) is 62.8 Å². The summed E-state index contributed by atoms with van der Waals surface area (Å²) in [7, 11) is 1.97. The number of para-hydroxylation sites is 1. The van der Waals surface area contributed by atoms with Gasteiger partial charge in [-0.25, -0.2) is 4.68 Å². The first-order valence-electron chi connectivity index (χ1n) is 9.56. The Kier molecular flexibility index (Phi) is 5.24. The molecule has 0 radical (unpaired) electrons. The smallest absolute Gasteiger partial charge is 0.272 e. The minimum Gasteiger partial charge on any atom is -0.349 e. The molecule has 1 aliphatic rings. The van der Waals surface area contributed by atoms with Gasteiger partial charge in [-0.05, 0) is 36.9 Å². The van der Waals surface area contributed by atoms with Crippen molar-refractivity contribution < 1.29 is 4.79 Å². The van der Waals surface area contributed by atoms with E-state index >= 15 is 0 Å². The number of carbonyl (C=O) groups excluding carboxylic acids is 1. The first-order chi connectivity index (χ1) is 13.6. The number of hydrogen-bond donors (Lipinski definition) is 0. The number of aryl methyl sites for hydroxylation is 1. The molecule has 1 amide bonds. The van der Waals surface area contributed by atoms with E-state index < -0.39 is 0 Å². The Morgan fingerprint density at radius 1 is 1.11 bits per heavy atom. The third-order valence-electron chi connectivity index (χ3n) is 5.32. The van der Waals surface area contributed by atoms with E-state index in [1.54, 1.807) is 4.68 Å². The van der Waals surface area contributed by atoms with E-state index in [0.29, 0.717) is 16.4 Å². The van der Waals surface area contributed by atoms with Crippen LogP contribution in [0.3, 0.4) is 0 Å². The highest BCUT2D eigenvalue weighted by Crippen LogP contribution is 2.26. The molecule has 0 aliphatic carbocycles. The van der Waals surface area contributed by atoms with Crippen molar-refractivity contribution >= 4 is 17.5 Å². The van der Waals surface area contributed by atoms with Gasteiger partial charge in [0.15, 0.2) is 0 Å². The molecule has 0 bridgehead atoms. The normalized spacial score (nSPS) is 15.2. The highest BCUT2D eigenvalue weighted by molar-refractivity contribution is 6.32. The van der Waals surface area contributed by atoms with Crippen molar-refractivity contribution in [3.05, 3.63) is 59.4 Å². The summed E-state index contributed by atoms with van der Waals surface area (Å²) in [6.45, 7) is 6.40. The van der Waals surface area contributed by atoms with Crippen LogP contribution >= 0.6 is 11.6 Å². The predicted molar refractivity (Wildman–Crippen MR) is 111 cm³/mol. The van der Waals surface area contributed by atoms with Gasteiger partial charge in [0.05, 0.1) is 16.4 Å². The quantitative estimate of drug-likeness (QED) is 0.678. The molecule has 4 rings (SSSR count). The Morgan fingerprint density at radius 2 is 1.86 bits per heavy atom. The second-order valence-electron chi connectivity index (χ2n) is 7.01. The summed E-state index contributed by atoms with van der Waals surface area (Å²) >= 11 is 6.43. The molecule has 0 unspecified atom stereocenters. The first kappa shape index (κ1) is 18.8. The minimum absolute atomic E-state index is 0.0105. The van der Waals surface area contributed by atoms with Crippen LogP contribution in [0, 0.1) is 0 Å². The highest BCUT2D eigenvalue weighted by Gasteiger charge is 2.26. The lowest BCUT2D eigenvalue weighted by atomic mass is 10.2. The lowest BCUT2D eigenvalue weighted by Crippen LogP contribution is -2.48.